The summed E-state index contributed by atoms with van der Waals surface area (Å²) in [6, 6.07) is 0. The normalized spacial score (nSPS) is 2.24. The first kappa shape index (κ1) is 89.3. The molecule has 10 N–H and O–H groups in total. The molecule has 0 aliphatic heterocycles. The van der Waals surface area contributed by atoms with E-state index in [9.17, 15) is 0 Å². The van der Waals surface area contributed by atoms with Crippen molar-refractivity contribution in [3.05, 3.63) is 26.3 Å². The molecule has 0 amide bonds. The molecule has 0 saturated heterocycles. The first-order valence-electron chi connectivity index (χ1n) is 2.21. The third-order valence-electron chi connectivity index (χ3n) is 0.167. The minimum absolute atomic E-state index is 0. The number of rotatable bonds is 1. The summed E-state index contributed by atoms with van der Waals surface area (Å²) in [4.78, 5) is 0. The Morgan fingerprint density at radius 1 is 0.588 bits per heavy atom. The molecular formula is C6H14Au2N8Pd. The van der Waals surface area contributed by atoms with Crippen LogP contribution >= 0.6 is 0 Å². The van der Waals surface area contributed by atoms with Gasteiger partial charge in [-0.15, -0.1) is 0 Å². The molecule has 0 bridgehead atoms. The molecule has 0 heterocycles. The molecule has 0 rings (SSSR count). The topological polar surface area (TPSA) is 217 Å². The van der Waals surface area contributed by atoms with Crippen LogP contribution in [0, 0.1) is 47.3 Å². The molecule has 0 unspecified atom stereocenters. The standard InChI is InChI=1S/C2H8N2.4CN.2Au.2H3N.Pd/c3-1-2-4;4*1-2;;;;;/h1-4H2;;;;;;;2*1H3;/q;4*-1;2*+1;;;+2. The van der Waals surface area contributed by atoms with Crippen LogP contribution in [0.2, 0.25) is 0 Å². The second kappa shape index (κ2) is 943. The summed E-state index contributed by atoms with van der Waals surface area (Å²) in [5, 5.41) is 25.0. The fraction of sp³-hybridized carbons (Fsp3) is 0.333. The maximum Gasteiger partial charge on any atom is 2.00 e. The predicted molar refractivity (Wildman–Crippen MR) is 48.0 cm³/mol. The molecule has 17 heavy (non-hydrogen) atoms. The van der Waals surface area contributed by atoms with E-state index in [-0.39, 0.29) is 77.5 Å². The number of hydrogen-bond donors (Lipinski definition) is 4. The molecule has 0 atom stereocenters. The monoisotopic (exact) mass is 698 g/mol. The van der Waals surface area contributed by atoms with Crippen LogP contribution in [0.15, 0.2) is 0 Å². The molecule has 0 aromatic heterocycles. The Bertz CT molecular complexity index is 89.6. The molecular weight excluding hydrogens is 684 g/mol. The molecule has 0 spiro atoms. The van der Waals surface area contributed by atoms with Crippen molar-refractivity contribution < 1.29 is 65.2 Å². The minimum Gasteiger partial charge on any atom is -0.512 e. The van der Waals surface area contributed by atoms with Crippen molar-refractivity contribution in [2.24, 2.45) is 11.5 Å². The summed E-state index contributed by atoms with van der Waals surface area (Å²) < 4.78 is 0. The van der Waals surface area contributed by atoms with Crippen molar-refractivity contribution in [2.45, 2.75) is 0 Å². The van der Waals surface area contributed by atoms with E-state index in [1.165, 1.54) is 0 Å². The van der Waals surface area contributed by atoms with Crippen LogP contribution in [-0.4, -0.2) is 13.1 Å². The molecule has 0 fully saturated rings. The second-order valence-corrected chi connectivity index (χ2v) is 0.577. The molecule has 11 heteroatoms. The first-order chi connectivity index (χ1) is 5.91. The van der Waals surface area contributed by atoms with Gasteiger partial charge in [0.1, 0.15) is 0 Å². The van der Waals surface area contributed by atoms with Crippen LogP contribution in [-0.2, 0) is 65.2 Å². The molecule has 0 saturated carbocycles. The Kier molecular flexibility index (Phi) is 4960. The summed E-state index contributed by atoms with van der Waals surface area (Å²) in [7, 11) is 0. The molecule has 0 radical (unpaired) electrons. The van der Waals surface area contributed by atoms with Gasteiger partial charge in [0.25, 0.3) is 0 Å². The zero-order chi connectivity index (χ0) is 11.4. The predicted octanol–water partition coefficient (Wildman–Crippen LogP) is -0.394. The summed E-state index contributed by atoms with van der Waals surface area (Å²) in [6.07, 6.45) is 0. The van der Waals surface area contributed by atoms with Gasteiger partial charge in [-0.1, -0.05) is 0 Å². The van der Waals surface area contributed by atoms with Crippen LogP contribution in [0.25, 0.3) is 0 Å². The van der Waals surface area contributed by atoms with Crippen LogP contribution in [0.4, 0.5) is 0 Å². The number of hydrogen-bond acceptors (Lipinski definition) is 8. The average Bonchev–Trinajstić information content (AvgIpc) is 2.29. The molecule has 0 aliphatic carbocycles. The molecule has 0 aromatic rings. The van der Waals surface area contributed by atoms with E-state index in [1.54, 1.807) is 0 Å². The molecule has 0 aromatic carbocycles. The minimum atomic E-state index is 0. The Morgan fingerprint density at radius 2 is 0.647 bits per heavy atom. The first-order valence-corrected chi connectivity index (χ1v) is 2.21. The van der Waals surface area contributed by atoms with Gasteiger partial charge < -0.3 is 71.1 Å². The molecule has 0 aliphatic rings. The summed E-state index contributed by atoms with van der Waals surface area (Å²) in [5.74, 6) is 0. The van der Waals surface area contributed by atoms with Gasteiger partial charge in [-0.2, -0.15) is 0 Å². The maximum atomic E-state index is 6.25. The third-order valence-corrected chi connectivity index (χ3v) is 0.167. The SMILES string of the molecule is N.N.NCCN.[Au+].[Au+].[C-]#N.[C-]#N.[C-]#N.[C-]#N.[Pd+2]. The van der Waals surface area contributed by atoms with E-state index in [1.807, 2.05) is 0 Å². The van der Waals surface area contributed by atoms with Gasteiger partial charge in [-0.25, -0.2) is 0 Å². The zero-order valence-electron chi connectivity index (χ0n) is 8.69. The van der Waals surface area contributed by atoms with Gasteiger partial charge in [0.05, 0.1) is 0 Å². The fourth-order valence-electron chi connectivity index (χ4n) is 0. The Labute approximate surface area is 148 Å². The van der Waals surface area contributed by atoms with Gasteiger partial charge in [0, 0.05) is 13.1 Å². The summed E-state index contributed by atoms with van der Waals surface area (Å²) >= 11 is 0. The summed E-state index contributed by atoms with van der Waals surface area (Å²) in [6.45, 7) is 20.2. The fourth-order valence-corrected chi connectivity index (χ4v) is 0. The second-order valence-electron chi connectivity index (χ2n) is 0.577. The van der Waals surface area contributed by atoms with Gasteiger partial charge in [-0.3, -0.25) is 0 Å². The van der Waals surface area contributed by atoms with E-state index in [0.29, 0.717) is 13.1 Å². The van der Waals surface area contributed by atoms with Crippen LogP contribution < -0.4 is 23.8 Å². The van der Waals surface area contributed by atoms with E-state index in [2.05, 4.69) is 0 Å². The largest absolute Gasteiger partial charge is 2.00 e. The smallest absolute Gasteiger partial charge is 0.512 e. The Balaban J connectivity index is -0.00000000435. The van der Waals surface area contributed by atoms with E-state index in [4.69, 9.17) is 58.8 Å². The quantitative estimate of drug-likeness (QED) is 0.208. The molecule has 8 nitrogen and oxygen atoms in total. The van der Waals surface area contributed by atoms with Crippen LogP contribution in [0.1, 0.15) is 0 Å². The number of nitrogens with zero attached hydrogens (tertiary/aromatic N) is 4. The van der Waals surface area contributed by atoms with Crippen LogP contribution in [0.5, 0.6) is 0 Å². The zero-order valence-corrected chi connectivity index (χ0v) is 14.6. The van der Waals surface area contributed by atoms with Crippen molar-refractivity contribution in [3.8, 4) is 0 Å². The van der Waals surface area contributed by atoms with Crippen molar-refractivity contribution in [3.63, 3.8) is 0 Å². The van der Waals surface area contributed by atoms with Crippen LogP contribution in [0.3, 0.4) is 0 Å². The number of nitrogens with two attached hydrogens (primary N) is 2. The Morgan fingerprint density at radius 3 is 0.647 bits per heavy atom. The third kappa shape index (κ3) is 3490. The maximum absolute atomic E-state index is 6.25. The molecule has 110 valence electrons. The van der Waals surface area contributed by atoms with Crippen molar-refractivity contribution in [2.75, 3.05) is 13.1 Å². The van der Waals surface area contributed by atoms with Crippen molar-refractivity contribution >= 4 is 0 Å². The van der Waals surface area contributed by atoms with E-state index >= 15 is 0 Å². The van der Waals surface area contributed by atoms with Gasteiger partial charge in [0.15, 0.2) is 0 Å². The summed E-state index contributed by atoms with van der Waals surface area (Å²) in [5.41, 5.74) is 9.81. The van der Waals surface area contributed by atoms with E-state index < -0.39 is 0 Å². The Hall–Kier alpha value is -0.0571. The van der Waals surface area contributed by atoms with Gasteiger partial charge >= 0.3 is 65.2 Å². The van der Waals surface area contributed by atoms with Gasteiger partial charge in [0.2, 0.25) is 0 Å². The van der Waals surface area contributed by atoms with Crippen molar-refractivity contribution in [1.29, 1.82) is 21.0 Å². The van der Waals surface area contributed by atoms with Crippen molar-refractivity contribution in [1.82, 2.24) is 12.3 Å². The van der Waals surface area contributed by atoms with Gasteiger partial charge in [-0.05, 0) is 0 Å². The average molecular weight is 699 g/mol. The van der Waals surface area contributed by atoms with E-state index in [0.717, 1.165) is 0 Å².